The zero-order valence-corrected chi connectivity index (χ0v) is 15.1. The summed E-state index contributed by atoms with van der Waals surface area (Å²) in [5.41, 5.74) is 0.462. The lowest BCUT2D eigenvalue weighted by Crippen LogP contribution is -2.41. The second-order valence-corrected chi connectivity index (χ2v) is 6.55. The monoisotopic (exact) mass is 385 g/mol. The maximum Gasteiger partial charge on any atom is 0.261 e. The van der Waals surface area contributed by atoms with E-state index in [4.69, 9.17) is 4.74 Å². The summed E-state index contributed by atoms with van der Waals surface area (Å²) >= 11 is 1.30. The highest BCUT2D eigenvalue weighted by atomic mass is 32.1. The molecular weight excluding hydrogens is 369 g/mol. The molecule has 27 heavy (non-hydrogen) atoms. The van der Waals surface area contributed by atoms with Gasteiger partial charge >= 0.3 is 0 Å². The standard InChI is InChI=1S/C19H16FN3O3S/c1-12(22-19(25)16-3-2-10-27-16)18(24)23-14-6-9-17(21-11-14)26-15-7-4-13(20)5-8-15/h2-12H,1H3,(H,22,25)(H,23,24). The molecule has 0 aliphatic heterocycles. The molecule has 2 N–H and O–H groups in total. The van der Waals surface area contributed by atoms with Crippen molar-refractivity contribution in [1.82, 2.24) is 10.3 Å². The molecular formula is C19H16FN3O3S. The zero-order valence-electron chi connectivity index (χ0n) is 14.3. The van der Waals surface area contributed by atoms with Crippen molar-refractivity contribution in [2.75, 3.05) is 5.32 Å². The number of carbonyl (C=O) groups excluding carboxylic acids is 2. The lowest BCUT2D eigenvalue weighted by Gasteiger charge is -2.13. The summed E-state index contributed by atoms with van der Waals surface area (Å²) in [7, 11) is 0. The van der Waals surface area contributed by atoms with E-state index in [1.54, 1.807) is 36.6 Å². The van der Waals surface area contributed by atoms with Crippen molar-refractivity contribution in [3.63, 3.8) is 0 Å². The average molecular weight is 385 g/mol. The van der Waals surface area contributed by atoms with Gasteiger partial charge in [0.2, 0.25) is 11.8 Å². The largest absolute Gasteiger partial charge is 0.439 e. The number of rotatable bonds is 6. The summed E-state index contributed by atoms with van der Waals surface area (Å²) in [6.45, 7) is 1.60. The Morgan fingerprint density at radius 1 is 1.15 bits per heavy atom. The molecule has 1 unspecified atom stereocenters. The molecule has 0 fully saturated rings. The topological polar surface area (TPSA) is 80.3 Å². The van der Waals surface area contributed by atoms with E-state index in [1.807, 2.05) is 0 Å². The minimum Gasteiger partial charge on any atom is -0.439 e. The molecule has 1 aromatic carbocycles. The molecule has 3 rings (SSSR count). The van der Waals surface area contributed by atoms with Gasteiger partial charge in [-0.15, -0.1) is 11.3 Å². The molecule has 3 aromatic rings. The number of benzene rings is 1. The van der Waals surface area contributed by atoms with Crippen molar-refractivity contribution in [3.8, 4) is 11.6 Å². The number of amides is 2. The first-order valence-electron chi connectivity index (χ1n) is 8.06. The van der Waals surface area contributed by atoms with Gasteiger partial charge in [0.1, 0.15) is 17.6 Å². The molecule has 0 spiro atoms. The average Bonchev–Trinajstić information content (AvgIpc) is 3.20. The number of thiophene rings is 1. The van der Waals surface area contributed by atoms with Gasteiger partial charge < -0.3 is 15.4 Å². The van der Waals surface area contributed by atoms with Crippen LogP contribution >= 0.6 is 11.3 Å². The van der Waals surface area contributed by atoms with Gasteiger partial charge in [-0.05, 0) is 48.7 Å². The molecule has 0 radical (unpaired) electrons. The van der Waals surface area contributed by atoms with Gasteiger partial charge in [0.05, 0.1) is 16.8 Å². The van der Waals surface area contributed by atoms with Crippen LogP contribution in [0.2, 0.25) is 0 Å². The second kappa shape index (κ2) is 8.41. The first kappa shape index (κ1) is 18.5. The molecule has 2 aromatic heterocycles. The number of nitrogens with one attached hydrogen (secondary N) is 2. The molecule has 8 heteroatoms. The van der Waals surface area contributed by atoms with Crippen LogP contribution < -0.4 is 15.4 Å². The molecule has 0 bridgehead atoms. The molecule has 0 saturated heterocycles. The van der Waals surface area contributed by atoms with Gasteiger partial charge in [-0.2, -0.15) is 0 Å². The Kier molecular flexibility index (Phi) is 5.77. The molecule has 0 saturated carbocycles. The summed E-state index contributed by atoms with van der Waals surface area (Å²) in [5.74, 6) is -0.263. The number of hydrogen-bond acceptors (Lipinski definition) is 5. The van der Waals surface area contributed by atoms with E-state index >= 15 is 0 Å². The Morgan fingerprint density at radius 2 is 1.93 bits per heavy atom. The van der Waals surface area contributed by atoms with Crippen molar-refractivity contribution >= 4 is 28.8 Å². The van der Waals surface area contributed by atoms with Crippen molar-refractivity contribution < 1.29 is 18.7 Å². The van der Waals surface area contributed by atoms with Gasteiger partial charge in [0, 0.05) is 6.07 Å². The fourth-order valence-electron chi connectivity index (χ4n) is 2.13. The van der Waals surface area contributed by atoms with Crippen molar-refractivity contribution in [3.05, 3.63) is 70.8 Å². The van der Waals surface area contributed by atoms with E-state index in [0.717, 1.165) is 0 Å². The van der Waals surface area contributed by atoms with Crippen molar-refractivity contribution in [2.45, 2.75) is 13.0 Å². The minimum atomic E-state index is -0.713. The van der Waals surface area contributed by atoms with Crippen LogP contribution in [-0.2, 0) is 4.79 Å². The fourth-order valence-corrected chi connectivity index (χ4v) is 2.76. The predicted octanol–water partition coefficient (Wildman–Crippen LogP) is 3.83. The smallest absolute Gasteiger partial charge is 0.261 e. The lowest BCUT2D eigenvalue weighted by molar-refractivity contribution is -0.117. The second-order valence-electron chi connectivity index (χ2n) is 5.60. The molecule has 2 amide bonds. The first-order chi connectivity index (χ1) is 13.0. The van der Waals surface area contributed by atoms with Crippen LogP contribution in [-0.4, -0.2) is 22.8 Å². The van der Waals surface area contributed by atoms with Crippen LogP contribution in [0.5, 0.6) is 11.6 Å². The summed E-state index contributed by atoms with van der Waals surface area (Å²) in [4.78, 5) is 28.8. The molecule has 1 atom stereocenters. The number of halogens is 1. The summed E-state index contributed by atoms with van der Waals surface area (Å²) in [5, 5.41) is 7.10. The van der Waals surface area contributed by atoms with Crippen molar-refractivity contribution in [2.24, 2.45) is 0 Å². The van der Waals surface area contributed by atoms with Gasteiger partial charge in [-0.25, -0.2) is 9.37 Å². The quantitative estimate of drug-likeness (QED) is 0.676. The highest BCUT2D eigenvalue weighted by molar-refractivity contribution is 7.12. The number of nitrogens with zero attached hydrogens (tertiary/aromatic N) is 1. The Bertz CT molecular complexity index is 912. The van der Waals surface area contributed by atoms with Crippen LogP contribution in [0.1, 0.15) is 16.6 Å². The van der Waals surface area contributed by atoms with E-state index in [9.17, 15) is 14.0 Å². The van der Waals surface area contributed by atoms with Gasteiger partial charge in [-0.3, -0.25) is 9.59 Å². The third-order valence-corrected chi connectivity index (χ3v) is 4.39. The molecule has 2 heterocycles. The van der Waals surface area contributed by atoms with Crippen LogP contribution in [0.15, 0.2) is 60.1 Å². The SMILES string of the molecule is CC(NC(=O)c1cccs1)C(=O)Nc1ccc(Oc2ccc(F)cc2)nc1. The molecule has 0 aliphatic rings. The maximum atomic E-state index is 12.9. The molecule has 138 valence electrons. The third kappa shape index (κ3) is 5.11. The normalized spacial score (nSPS) is 11.5. The van der Waals surface area contributed by atoms with Crippen molar-refractivity contribution in [1.29, 1.82) is 0 Å². The Hall–Kier alpha value is -3.26. The number of anilines is 1. The minimum absolute atomic E-state index is 0.297. The Labute approximate surface area is 159 Å². The third-order valence-electron chi connectivity index (χ3n) is 3.53. The molecule has 6 nitrogen and oxygen atoms in total. The fraction of sp³-hybridized carbons (Fsp3) is 0.105. The summed E-state index contributed by atoms with van der Waals surface area (Å²) < 4.78 is 18.4. The number of carbonyl (C=O) groups is 2. The van der Waals surface area contributed by atoms with Gasteiger partial charge in [-0.1, -0.05) is 6.07 Å². The van der Waals surface area contributed by atoms with Crippen LogP contribution in [0, 0.1) is 5.82 Å². The summed E-state index contributed by atoms with van der Waals surface area (Å²) in [6, 6.07) is 11.5. The highest BCUT2D eigenvalue weighted by Gasteiger charge is 2.17. The molecule has 0 aliphatic carbocycles. The van der Waals surface area contributed by atoms with E-state index in [-0.39, 0.29) is 17.6 Å². The summed E-state index contributed by atoms with van der Waals surface area (Å²) in [6.07, 6.45) is 1.44. The van der Waals surface area contributed by atoms with Gasteiger partial charge in [0.25, 0.3) is 5.91 Å². The van der Waals surface area contributed by atoms with E-state index in [1.165, 1.54) is 41.8 Å². The highest BCUT2D eigenvalue weighted by Crippen LogP contribution is 2.20. The van der Waals surface area contributed by atoms with Crippen LogP contribution in [0.25, 0.3) is 0 Å². The number of aromatic nitrogens is 1. The number of ether oxygens (including phenoxy) is 1. The maximum absolute atomic E-state index is 12.9. The van der Waals surface area contributed by atoms with E-state index in [0.29, 0.717) is 22.2 Å². The van der Waals surface area contributed by atoms with Crippen LogP contribution in [0.4, 0.5) is 10.1 Å². The predicted molar refractivity (Wildman–Crippen MR) is 101 cm³/mol. The Balaban J connectivity index is 1.54. The number of hydrogen-bond donors (Lipinski definition) is 2. The zero-order chi connectivity index (χ0) is 19.2. The van der Waals surface area contributed by atoms with Crippen LogP contribution in [0.3, 0.4) is 0 Å². The number of pyridine rings is 1. The first-order valence-corrected chi connectivity index (χ1v) is 8.94. The Morgan fingerprint density at radius 3 is 2.56 bits per heavy atom. The van der Waals surface area contributed by atoms with E-state index in [2.05, 4.69) is 15.6 Å². The lowest BCUT2D eigenvalue weighted by atomic mass is 10.3. The van der Waals surface area contributed by atoms with E-state index < -0.39 is 6.04 Å². The van der Waals surface area contributed by atoms with Gasteiger partial charge in [0.15, 0.2) is 0 Å².